The van der Waals surface area contributed by atoms with Crippen LogP contribution in [0.3, 0.4) is 0 Å². The summed E-state index contributed by atoms with van der Waals surface area (Å²) in [5.41, 5.74) is 3.11. The first-order chi connectivity index (χ1) is 18.0. The number of hydrogen-bond acceptors (Lipinski definition) is 4. The number of fused-ring (bicyclic) bond motifs is 3. The van der Waals surface area contributed by atoms with Crippen molar-refractivity contribution in [3.63, 3.8) is 0 Å². The van der Waals surface area contributed by atoms with Crippen molar-refractivity contribution in [1.82, 2.24) is 4.90 Å². The van der Waals surface area contributed by atoms with Crippen LogP contribution in [0.25, 0.3) is 0 Å². The maximum Gasteiger partial charge on any atom is 0.262 e. The van der Waals surface area contributed by atoms with Gasteiger partial charge in [0, 0.05) is 12.6 Å². The van der Waals surface area contributed by atoms with Gasteiger partial charge in [0.15, 0.2) is 0 Å². The zero-order valence-electron chi connectivity index (χ0n) is 20.4. The monoisotopic (exact) mass is 493 g/mol. The summed E-state index contributed by atoms with van der Waals surface area (Å²) < 4.78 is 0. The Morgan fingerprint density at radius 2 is 1.35 bits per heavy atom. The predicted molar refractivity (Wildman–Crippen MR) is 139 cm³/mol. The second-order valence-corrected chi connectivity index (χ2v) is 9.82. The van der Waals surface area contributed by atoms with Crippen LogP contribution in [0.5, 0.6) is 0 Å². The summed E-state index contributed by atoms with van der Waals surface area (Å²) in [7, 11) is 0. The second kappa shape index (κ2) is 9.32. The van der Waals surface area contributed by atoms with Crippen LogP contribution in [0.2, 0.25) is 0 Å². The van der Waals surface area contributed by atoms with Crippen molar-refractivity contribution in [2.75, 3.05) is 22.9 Å². The van der Waals surface area contributed by atoms with E-state index < -0.39 is 11.8 Å². The van der Waals surface area contributed by atoms with Crippen LogP contribution >= 0.6 is 0 Å². The molecule has 2 atom stereocenters. The Kier molecular flexibility index (Phi) is 5.83. The molecule has 186 valence electrons. The minimum absolute atomic E-state index is 0.0295. The van der Waals surface area contributed by atoms with Gasteiger partial charge in [0.1, 0.15) is 6.54 Å². The van der Waals surface area contributed by atoms with Crippen molar-refractivity contribution in [3.8, 4) is 0 Å². The molecule has 4 amide bonds. The molecule has 2 aliphatic heterocycles. The number of rotatable bonds is 5. The van der Waals surface area contributed by atoms with Gasteiger partial charge in [-0.05, 0) is 49.1 Å². The molecular formula is C30H27N3O4. The smallest absolute Gasteiger partial charge is 0.262 e. The summed E-state index contributed by atoms with van der Waals surface area (Å²) in [6.45, 7) is 0.144. The second-order valence-electron chi connectivity index (χ2n) is 9.82. The maximum absolute atomic E-state index is 13.9. The third-order valence-electron chi connectivity index (χ3n) is 7.73. The van der Waals surface area contributed by atoms with Gasteiger partial charge < -0.3 is 9.80 Å². The lowest BCUT2D eigenvalue weighted by Gasteiger charge is -2.31. The number of anilines is 2. The zero-order valence-corrected chi connectivity index (χ0v) is 20.4. The van der Waals surface area contributed by atoms with Crippen LogP contribution < -0.4 is 9.80 Å². The first-order valence-electron chi connectivity index (χ1n) is 12.8. The number of hydrogen-bond donors (Lipinski definition) is 0. The van der Waals surface area contributed by atoms with Crippen LogP contribution in [-0.4, -0.2) is 47.7 Å². The summed E-state index contributed by atoms with van der Waals surface area (Å²) in [6.07, 6.45) is 2.94. The van der Waals surface area contributed by atoms with E-state index in [-0.39, 0.29) is 30.3 Å². The molecular weight excluding hydrogens is 466 g/mol. The number of nitrogens with zero attached hydrogens (tertiary/aromatic N) is 3. The zero-order chi connectivity index (χ0) is 25.5. The Morgan fingerprint density at radius 3 is 2.05 bits per heavy atom. The lowest BCUT2D eigenvalue weighted by molar-refractivity contribution is -0.123. The first kappa shape index (κ1) is 23.2. The van der Waals surface area contributed by atoms with Gasteiger partial charge in [-0.15, -0.1) is 0 Å². The number of amides is 4. The predicted octanol–water partition coefficient (Wildman–Crippen LogP) is 4.07. The Morgan fingerprint density at radius 1 is 0.730 bits per heavy atom. The van der Waals surface area contributed by atoms with E-state index in [2.05, 4.69) is 0 Å². The third-order valence-corrected chi connectivity index (χ3v) is 7.73. The molecule has 6 rings (SSSR count). The molecule has 0 bridgehead atoms. The summed E-state index contributed by atoms with van der Waals surface area (Å²) >= 11 is 0. The van der Waals surface area contributed by atoms with E-state index in [9.17, 15) is 19.2 Å². The van der Waals surface area contributed by atoms with Crippen LogP contribution in [0.4, 0.5) is 11.4 Å². The Hall–Kier alpha value is -4.26. The summed E-state index contributed by atoms with van der Waals surface area (Å²) in [5, 5.41) is 0. The molecule has 0 radical (unpaired) electrons. The Bertz CT molecular complexity index is 1370. The number of carbonyl (C=O) groups is 4. The topological polar surface area (TPSA) is 78.0 Å². The molecule has 0 N–H and O–H groups in total. The molecule has 1 saturated carbocycles. The van der Waals surface area contributed by atoms with Crippen molar-refractivity contribution in [2.45, 2.75) is 31.7 Å². The van der Waals surface area contributed by atoms with Gasteiger partial charge in [-0.3, -0.25) is 24.1 Å². The summed E-state index contributed by atoms with van der Waals surface area (Å²) in [6, 6.07) is 23.8. The molecule has 0 aromatic heterocycles. The van der Waals surface area contributed by atoms with Crippen molar-refractivity contribution < 1.29 is 19.2 Å². The van der Waals surface area contributed by atoms with Gasteiger partial charge in [0.25, 0.3) is 11.8 Å². The van der Waals surface area contributed by atoms with E-state index in [1.54, 1.807) is 29.2 Å². The maximum atomic E-state index is 13.9. The highest BCUT2D eigenvalue weighted by Crippen LogP contribution is 2.43. The Labute approximate surface area is 215 Å². The molecule has 0 unspecified atom stereocenters. The SMILES string of the molecule is O=C1c2ccccc2C(=O)N1CC(=O)N1c2ccccc2N(CCc2ccccc2)C(=O)[C@H]2CCC[C@H]21. The number of benzene rings is 3. The molecule has 0 saturated heterocycles. The highest BCUT2D eigenvalue weighted by Gasteiger charge is 2.46. The molecule has 0 spiro atoms. The van der Waals surface area contributed by atoms with Gasteiger partial charge in [-0.2, -0.15) is 0 Å². The van der Waals surface area contributed by atoms with E-state index in [1.807, 2.05) is 59.5 Å². The molecule has 3 aromatic carbocycles. The minimum atomic E-state index is -0.458. The molecule has 3 aromatic rings. The minimum Gasteiger partial charge on any atom is -0.310 e. The molecule has 2 heterocycles. The lowest BCUT2D eigenvalue weighted by atomic mass is 10.0. The highest BCUT2D eigenvalue weighted by atomic mass is 16.2. The summed E-state index contributed by atoms with van der Waals surface area (Å²) in [4.78, 5) is 58.2. The van der Waals surface area contributed by atoms with Crippen LogP contribution in [-0.2, 0) is 16.0 Å². The van der Waals surface area contributed by atoms with Crippen molar-refractivity contribution in [3.05, 3.63) is 95.6 Å². The van der Waals surface area contributed by atoms with Crippen LogP contribution in [0.1, 0.15) is 45.5 Å². The number of para-hydroxylation sites is 2. The van der Waals surface area contributed by atoms with E-state index in [0.717, 1.165) is 16.9 Å². The van der Waals surface area contributed by atoms with Crippen molar-refractivity contribution in [2.24, 2.45) is 5.92 Å². The normalized spacial score (nSPS) is 20.5. The van der Waals surface area contributed by atoms with E-state index in [1.165, 1.54) is 0 Å². The van der Waals surface area contributed by atoms with Gasteiger partial charge >= 0.3 is 0 Å². The fraction of sp³-hybridized carbons (Fsp3) is 0.267. The van der Waals surface area contributed by atoms with E-state index >= 15 is 0 Å². The van der Waals surface area contributed by atoms with E-state index in [4.69, 9.17) is 0 Å². The number of imide groups is 1. The molecule has 1 aliphatic carbocycles. The first-order valence-corrected chi connectivity index (χ1v) is 12.8. The average molecular weight is 494 g/mol. The van der Waals surface area contributed by atoms with Gasteiger partial charge in [0.2, 0.25) is 11.8 Å². The quantitative estimate of drug-likeness (QED) is 0.502. The average Bonchev–Trinajstić information content (AvgIpc) is 3.47. The molecule has 1 fully saturated rings. The third kappa shape index (κ3) is 3.91. The van der Waals surface area contributed by atoms with E-state index in [0.29, 0.717) is 48.3 Å². The Balaban J connectivity index is 1.33. The largest absolute Gasteiger partial charge is 0.310 e. The highest BCUT2D eigenvalue weighted by molar-refractivity contribution is 6.23. The van der Waals surface area contributed by atoms with Gasteiger partial charge in [-0.25, -0.2) is 0 Å². The molecule has 37 heavy (non-hydrogen) atoms. The molecule has 7 heteroatoms. The summed E-state index contributed by atoms with van der Waals surface area (Å²) in [5.74, 6) is -1.56. The molecule has 7 nitrogen and oxygen atoms in total. The fourth-order valence-corrected chi connectivity index (χ4v) is 5.96. The number of carbonyl (C=O) groups excluding carboxylic acids is 4. The van der Waals surface area contributed by atoms with Crippen LogP contribution in [0, 0.1) is 5.92 Å². The van der Waals surface area contributed by atoms with Crippen molar-refractivity contribution in [1.29, 1.82) is 0 Å². The van der Waals surface area contributed by atoms with Crippen molar-refractivity contribution >= 4 is 35.0 Å². The lowest BCUT2D eigenvalue weighted by Crippen LogP contribution is -2.49. The van der Waals surface area contributed by atoms with Gasteiger partial charge in [-0.1, -0.05) is 61.0 Å². The van der Waals surface area contributed by atoms with Crippen LogP contribution in [0.15, 0.2) is 78.9 Å². The standard InChI is InChI=1S/C30H27N3O4/c34-27(19-32-28(35)21-11-4-5-12-22(21)29(32)36)33-24-16-8-13-23(24)30(37)31(25-14-6-7-15-26(25)33)18-17-20-9-2-1-3-10-20/h1-7,9-12,14-15,23-24H,8,13,16-19H2/t23-,24+/m0/s1. The molecule has 3 aliphatic rings. The van der Waals surface area contributed by atoms with Gasteiger partial charge in [0.05, 0.1) is 28.4 Å². The fourth-order valence-electron chi connectivity index (χ4n) is 5.96.